The lowest BCUT2D eigenvalue weighted by Gasteiger charge is -2.48. The lowest BCUT2D eigenvalue weighted by Crippen LogP contribution is -2.59. The Balaban J connectivity index is 2.01. The zero-order valence-electron chi connectivity index (χ0n) is 11.9. The largest absolute Gasteiger partial charge is 0.384 e. The first-order valence-corrected chi connectivity index (χ1v) is 7.22. The van der Waals surface area contributed by atoms with E-state index in [2.05, 4.69) is 11.8 Å². The van der Waals surface area contributed by atoms with Crippen molar-refractivity contribution in [2.75, 3.05) is 46.6 Å². The van der Waals surface area contributed by atoms with E-state index in [4.69, 9.17) is 15.2 Å². The van der Waals surface area contributed by atoms with Crippen LogP contribution in [0.15, 0.2) is 0 Å². The third-order valence-electron chi connectivity index (χ3n) is 4.87. The van der Waals surface area contributed by atoms with E-state index in [1.807, 2.05) is 0 Å². The average Bonchev–Trinajstić information content (AvgIpc) is 2.93. The third kappa shape index (κ3) is 2.87. The van der Waals surface area contributed by atoms with Crippen molar-refractivity contribution in [3.63, 3.8) is 0 Å². The Morgan fingerprint density at radius 1 is 1.44 bits per heavy atom. The van der Waals surface area contributed by atoms with Gasteiger partial charge in [0.25, 0.3) is 0 Å². The predicted octanol–water partition coefficient (Wildman–Crippen LogP) is 1.10. The van der Waals surface area contributed by atoms with E-state index >= 15 is 0 Å². The summed E-state index contributed by atoms with van der Waals surface area (Å²) in [7, 11) is 1.80. The van der Waals surface area contributed by atoms with Crippen LogP contribution in [-0.2, 0) is 9.47 Å². The summed E-state index contributed by atoms with van der Waals surface area (Å²) in [6.07, 6.45) is 3.70. The Hall–Kier alpha value is -0.160. The molecule has 2 saturated heterocycles. The number of piperidine rings is 1. The summed E-state index contributed by atoms with van der Waals surface area (Å²) in [5.74, 6) is 1.25. The van der Waals surface area contributed by atoms with Crippen LogP contribution in [0.4, 0.5) is 0 Å². The van der Waals surface area contributed by atoms with Gasteiger partial charge in [0, 0.05) is 38.3 Å². The minimum Gasteiger partial charge on any atom is -0.384 e. The van der Waals surface area contributed by atoms with Crippen LogP contribution in [-0.4, -0.2) is 57.0 Å². The molecular weight excluding hydrogens is 228 g/mol. The topological polar surface area (TPSA) is 47.7 Å². The fraction of sp³-hybridized carbons (Fsp3) is 1.00. The highest BCUT2D eigenvalue weighted by Gasteiger charge is 2.42. The predicted molar refractivity (Wildman–Crippen MR) is 72.6 cm³/mol. The van der Waals surface area contributed by atoms with Crippen molar-refractivity contribution in [1.82, 2.24) is 4.90 Å². The average molecular weight is 256 g/mol. The molecule has 106 valence electrons. The summed E-state index contributed by atoms with van der Waals surface area (Å²) in [6, 6.07) is 0. The Bertz CT molecular complexity index is 254. The van der Waals surface area contributed by atoms with E-state index in [1.165, 1.54) is 19.4 Å². The number of nitrogens with zero attached hydrogens (tertiary/aromatic N) is 1. The van der Waals surface area contributed by atoms with E-state index in [0.717, 1.165) is 39.3 Å². The van der Waals surface area contributed by atoms with Gasteiger partial charge in [0.15, 0.2) is 0 Å². The minimum absolute atomic E-state index is 0.100. The molecule has 0 aromatic carbocycles. The number of likely N-dealkylation sites (tertiary alicyclic amines) is 1. The van der Waals surface area contributed by atoms with Gasteiger partial charge in [-0.3, -0.25) is 4.90 Å². The standard InChI is InChI=1S/C14H28N2O2/c1-14(11-15,13-5-7-18-10-13)16-6-3-4-12(8-16)9-17-2/h12-13H,3-11,15H2,1-2H3. The zero-order chi connectivity index (χ0) is 13.0. The molecule has 3 atom stereocenters. The lowest BCUT2D eigenvalue weighted by atomic mass is 9.81. The summed E-state index contributed by atoms with van der Waals surface area (Å²) in [5, 5.41) is 0. The van der Waals surface area contributed by atoms with Gasteiger partial charge in [-0.25, -0.2) is 0 Å². The second-order valence-electron chi connectivity index (χ2n) is 6.03. The molecule has 4 heteroatoms. The molecule has 0 bridgehead atoms. The fourth-order valence-corrected chi connectivity index (χ4v) is 3.48. The van der Waals surface area contributed by atoms with Gasteiger partial charge in [-0.15, -0.1) is 0 Å². The van der Waals surface area contributed by atoms with Crippen molar-refractivity contribution in [2.45, 2.75) is 31.7 Å². The first kappa shape index (κ1) is 14.3. The van der Waals surface area contributed by atoms with Gasteiger partial charge in [0.1, 0.15) is 0 Å². The Kier molecular flexibility index (Phi) is 5.01. The quantitative estimate of drug-likeness (QED) is 0.800. The highest BCUT2D eigenvalue weighted by Crippen LogP contribution is 2.33. The van der Waals surface area contributed by atoms with Crippen molar-refractivity contribution in [3.8, 4) is 0 Å². The van der Waals surface area contributed by atoms with Gasteiger partial charge >= 0.3 is 0 Å². The molecule has 0 amide bonds. The van der Waals surface area contributed by atoms with Crippen LogP contribution in [0.25, 0.3) is 0 Å². The van der Waals surface area contributed by atoms with E-state index < -0.39 is 0 Å². The van der Waals surface area contributed by atoms with Crippen molar-refractivity contribution in [2.24, 2.45) is 17.6 Å². The maximum absolute atomic E-state index is 6.11. The van der Waals surface area contributed by atoms with Gasteiger partial charge in [-0.1, -0.05) is 0 Å². The van der Waals surface area contributed by atoms with Gasteiger partial charge < -0.3 is 15.2 Å². The Labute approximate surface area is 111 Å². The maximum Gasteiger partial charge on any atom is 0.0513 e. The third-order valence-corrected chi connectivity index (χ3v) is 4.87. The van der Waals surface area contributed by atoms with E-state index in [0.29, 0.717) is 11.8 Å². The van der Waals surface area contributed by atoms with E-state index in [-0.39, 0.29) is 5.54 Å². The SMILES string of the molecule is COCC1CCCN(C(C)(CN)C2CCOC2)C1. The molecule has 0 aliphatic carbocycles. The normalized spacial score (nSPS) is 33.5. The molecule has 2 aliphatic rings. The Morgan fingerprint density at radius 3 is 2.89 bits per heavy atom. The fourth-order valence-electron chi connectivity index (χ4n) is 3.48. The molecule has 0 spiro atoms. The molecular formula is C14H28N2O2. The number of rotatable bonds is 5. The zero-order valence-corrected chi connectivity index (χ0v) is 11.9. The molecule has 0 radical (unpaired) electrons. The molecule has 4 nitrogen and oxygen atoms in total. The molecule has 18 heavy (non-hydrogen) atoms. The summed E-state index contributed by atoms with van der Waals surface area (Å²) in [4.78, 5) is 2.60. The molecule has 3 unspecified atom stereocenters. The molecule has 0 aromatic heterocycles. The van der Waals surface area contributed by atoms with Crippen LogP contribution in [0.1, 0.15) is 26.2 Å². The van der Waals surface area contributed by atoms with Crippen LogP contribution >= 0.6 is 0 Å². The molecule has 2 N–H and O–H groups in total. The number of hydrogen-bond donors (Lipinski definition) is 1. The molecule has 2 heterocycles. The van der Waals surface area contributed by atoms with E-state index in [1.54, 1.807) is 7.11 Å². The molecule has 2 fully saturated rings. The van der Waals surface area contributed by atoms with Crippen LogP contribution in [0.3, 0.4) is 0 Å². The summed E-state index contributed by atoms with van der Waals surface area (Å²) in [5.41, 5.74) is 6.21. The van der Waals surface area contributed by atoms with Crippen molar-refractivity contribution in [3.05, 3.63) is 0 Å². The molecule has 0 saturated carbocycles. The first-order valence-electron chi connectivity index (χ1n) is 7.22. The lowest BCUT2D eigenvalue weighted by molar-refractivity contribution is -0.00305. The first-order chi connectivity index (χ1) is 8.70. The van der Waals surface area contributed by atoms with Crippen molar-refractivity contribution < 1.29 is 9.47 Å². The Morgan fingerprint density at radius 2 is 2.28 bits per heavy atom. The van der Waals surface area contributed by atoms with Crippen LogP contribution in [0, 0.1) is 11.8 Å². The van der Waals surface area contributed by atoms with Gasteiger partial charge in [0.2, 0.25) is 0 Å². The van der Waals surface area contributed by atoms with Crippen LogP contribution in [0.5, 0.6) is 0 Å². The minimum atomic E-state index is 0.100. The van der Waals surface area contributed by atoms with Crippen LogP contribution in [0.2, 0.25) is 0 Å². The smallest absolute Gasteiger partial charge is 0.0513 e. The van der Waals surface area contributed by atoms with Crippen molar-refractivity contribution >= 4 is 0 Å². The van der Waals surface area contributed by atoms with Crippen molar-refractivity contribution in [1.29, 1.82) is 0 Å². The second-order valence-corrected chi connectivity index (χ2v) is 6.03. The molecule has 0 aromatic rings. The molecule has 2 aliphatic heterocycles. The van der Waals surface area contributed by atoms with Gasteiger partial charge in [-0.2, -0.15) is 0 Å². The highest BCUT2D eigenvalue weighted by molar-refractivity contribution is 4.97. The molecule has 2 rings (SSSR count). The highest BCUT2D eigenvalue weighted by atomic mass is 16.5. The summed E-state index contributed by atoms with van der Waals surface area (Å²) >= 11 is 0. The maximum atomic E-state index is 6.11. The summed E-state index contributed by atoms with van der Waals surface area (Å²) in [6.45, 7) is 7.98. The van der Waals surface area contributed by atoms with Gasteiger partial charge in [0.05, 0.1) is 13.2 Å². The van der Waals surface area contributed by atoms with Gasteiger partial charge in [-0.05, 0) is 38.6 Å². The number of ether oxygens (including phenoxy) is 2. The number of methoxy groups -OCH3 is 1. The van der Waals surface area contributed by atoms with E-state index in [9.17, 15) is 0 Å². The summed E-state index contributed by atoms with van der Waals surface area (Å²) < 4.78 is 10.9. The second kappa shape index (κ2) is 6.33. The van der Waals surface area contributed by atoms with Crippen LogP contribution < -0.4 is 5.73 Å². The number of hydrogen-bond acceptors (Lipinski definition) is 4. The monoisotopic (exact) mass is 256 g/mol. The number of nitrogens with two attached hydrogens (primary N) is 1.